The van der Waals surface area contributed by atoms with Gasteiger partial charge in [-0.25, -0.2) is 9.97 Å². The lowest BCUT2D eigenvalue weighted by atomic mass is 10.2. The van der Waals surface area contributed by atoms with Crippen LogP contribution >= 0.6 is 0 Å². The summed E-state index contributed by atoms with van der Waals surface area (Å²) >= 11 is 0. The van der Waals surface area contributed by atoms with Gasteiger partial charge in [-0.1, -0.05) is 12.1 Å². The smallest absolute Gasteiger partial charge is 0.340 e. The summed E-state index contributed by atoms with van der Waals surface area (Å²) in [6.07, 6.45) is -4.40. The first-order valence-electron chi connectivity index (χ1n) is 8.66. The standard InChI is InChI=1S/C21H14F3N5/c1-13-26-17-4-2-3-5-18(17)29(13)20-11-14(12-25)10-19(28-20)27-16-8-6-15(7-9-16)21(22,23)24/h2-11H,1H3,(H,27,28). The number of hydrogen-bond donors (Lipinski definition) is 1. The van der Waals surface area contributed by atoms with Crippen LogP contribution in [0.1, 0.15) is 17.0 Å². The molecule has 0 radical (unpaired) electrons. The fourth-order valence-corrected chi connectivity index (χ4v) is 3.09. The van der Waals surface area contributed by atoms with Gasteiger partial charge in [0.15, 0.2) is 0 Å². The molecule has 2 heterocycles. The van der Waals surface area contributed by atoms with Crippen LogP contribution in [0.3, 0.4) is 0 Å². The fraction of sp³-hybridized carbons (Fsp3) is 0.0952. The Balaban J connectivity index is 1.74. The topological polar surface area (TPSA) is 66.5 Å². The summed E-state index contributed by atoms with van der Waals surface area (Å²) in [6, 6.07) is 17.4. The molecule has 0 saturated carbocycles. The van der Waals surface area contributed by atoms with Crippen LogP contribution in [0, 0.1) is 18.3 Å². The summed E-state index contributed by atoms with van der Waals surface area (Å²) < 4.78 is 40.1. The summed E-state index contributed by atoms with van der Waals surface area (Å²) in [5.74, 6) is 1.54. The zero-order valence-electron chi connectivity index (χ0n) is 15.2. The maximum absolute atomic E-state index is 12.7. The van der Waals surface area contributed by atoms with Crippen LogP contribution in [0.15, 0.2) is 60.7 Å². The first-order chi connectivity index (χ1) is 13.8. The number of fused-ring (bicyclic) bond motifs is 1. The van der Waals surface area contributed by atoms with E-state index in [1.54, 1.807) is 6.07 Å². The van der Waals surface area contributed by atoms with E-state index in [1.165, 1.54) is 18.2 Å². The molecule has 8 heteroatoms. The first kappa shape index (κ1) is 18.5. The lowest BCUT2D eigenvalue weighted by molar-refractivity contribution is -0.137. The van der Waals surface area contributed by atoms with E-state index >= 15 is 0 Å². The molecule has 0 fully saturated rings. The van der Waals surface area contributed by atoms with Gasteiger partial charge in [0.1, 0.15) is 17.5 Å². The number of anilines is 2. The molecule has 144 valence electrons. The van der Waals surface area contributed by atoms with Gasteiger partial charge in [-0.2, -0.15) is 18.4 Å². The molecule has 0 aliphatic rings. The number of para-hydroxylation sites is 2. The van der Waals surface area contributed by atoms with Gasteiger partial charge in [0.2, 0.25) is 0 Å². The number of alkyl halides is 3. The predicted octanol–water partition coefficient (Wildman–Crippen LogP) is 5.36. The molecule has 0 spiro atoms. The summed E-state index contributed by atoms with van der Waals surface area (Å²) in [5, 5.41) is 12.4. The minimum atomic E-state index is -4.40. The Bertz CT molecular complexity index is 1230. The minimum absolute atomic E-state index is 0.344. The van der Waals surface area contributed by atoms with Gasteiger partial charge in [-0.15, -0.1) is 0 Å². The van der Waals surface area contributed by atoms with Gasteiger partial charge < -0.3 is 5.32 Å². The third kappa shape index (κ3) is 3.62. The van der Waals surface area contributed by atoms with Gasteiger partial charge in [0.25, 0.3) is 0 Å². The lowest BCUT2D eigenvalue weighted by Crippen LogP contribution is -2.05. The van der Waals surface area contributed by atoms with Crippen LogP contribution < -0.4 is 5.32 Å². The highest BCUT2D eigenvalue weighted by atomic mass is 19.4. The Morgan fingerprint density at radius 3 is 2.41 bits per heavy atom. The second kappa shape index (κ2) is 6.95. The number of halogens is 3. The highest BCUT2D eigenvalue weighted by molar-refractivity contribution is 5.78. The Kier molecular flexibility index (Phi) is 4.43. The van der Waals surface area contributed by atoms with E-state index in [4.69, 9.17) is 0 Å². The molecule has 5 nitrogen and oxygen atoms in total. The van der Waals surface area contributed by atoms with Crippen LogP contribution in [0.2, 0.25) is 0 Å². The second-order valence-corrected chi connectivity index (χ2v) is 6.39. The van der Waals surface area contributed by atoms with Crippen LogP contribution in [0.5, 0.6) is 0 Å². The Morgan fingerprint density at radius 1 is 1.00 bits per heavy atom. The molecule has 0 amide bonds. The summed E-state index contributed by atoms with van der Waals surface area (Å²) in [6.45, 7) is 1.84. The van der Waals surface area contributed by atoms with E-state index < -0.39 is 11.7 Å². The van der Waals surface area contributed by atoms with Crippen molar-refractivity contribution in [3.63, 3.8) is 0 Å². The molecule has 0 bridgehead atoms. The molecule has 0 saturated heterocycles. The molecule has 4 aromatic rings. The maximum Gasteiger partial charge on any atom is 0.416 e. The predicted molar refractivity (Wildman–Crippen MR) is 103 cm³/mol. The number of pyridine rings is 1. The number of nitrogens with zero attached hydrogens (tertiary/aromatic N) is 4. The molecule has 4 rings (SSSR count). The molecule has 0 aliphatic carbocycles. The van der Waals surface area contributed by atoms with Crippen molar-refractivity contribution >= 4 is 22.5 Å². The van der Waals surface area contributed by atoms with Crippen LogP contribution in [0.25, 0.3) is 16.9 Å². The Morgan fingerprint density at radius 2 is 1.72 bits per heavy atom. The normalized spacial score (nSPS) is 11.4. The zero-order valence-corrected chi connectivity index (χ0v) is 15.2. The Hall–Kier alpha value is -3.86. The van der Waals surface area contributed by atoms with Crippen molar-refractivity contribution in [2.75, 3.05) is 5.32 Å². The monoisotopic (exact) mass is 393 g/mol. The van der Waals surface area contributed by atoms with Gasteiger partial charge >= 0.3 is 6.18 Å². The van der Waals surface area contributed by atoms with Crippen LogP contribution in [-0.4, -0.2) is 14.5 Å². The number of nitrogens with one attached hydrogen (secondary N) is 1. The summed E-state index contributed by atoms with van der Waals surface area (Å²) in [5.41, 5.74) is 1.70. The van der Waals surface area contributed by atoms with E-state index in [2.05, 4.69) is 21.4 Å². The number of hydrogen-bond acceptors (Lipinski definition) is 4. The molecule has 2 aromatic carbocycles. The molecule has 1 N–H and O–H groups in total. The number of benzene rings is 2. The number of aromatic nitrogens is 3. The van der Waals surface area contributed by atoms with Gasteiger partial charge in [0, 0.05) is 5.69 Å². The third-order valence-corrected chi connectivity index (χ3v) is 4.38. The highest BCUT2D eigenvalue weighted by Crippen LogP contribution is 2.30. The van der Waals surface area contributed by atoms with Crippen molar-refractivity contribution in [1.29, 1.82) is 5.26 Å². The summed E-state index contributed by atoms with van der Waals surface area (Å²) in [4.78, 5) is 9.04. The van der Waals surface area contributed by atoms with Gasteiger partial charge in [-0.3, -0.25) is 4.57 Å². The average Bonchev–Trinajstić information content (AvgIpc) is 3.03. The Labute approximate surface area is 164 Å². The van der Waals surface area contributed by atoms with Crippen molar-refractivity contribution in [2.24, 2.45) is 0 Å². The second-order valence-electron chi connectivity index (χ2n) is 6.39. The number of rotatable bonds is 3. The quantitative estimate of drug-likeness (QED) is 0.509. The van der Waals surface area contributed by atoms with Crippen molar-refractivity contribution in [3.05, 3.63) is 77.6 Å². The van der Waals surface area contributed by atoms with Gasteiger partial charge in [-0.05, 0) is 55.5 Å². The highest BCUT2D eigenvalue weighted by Gasteiger charge is 2.29. The molecule has 2 aromatic heterocycles. The molecule has 29 heavy (non-hydrogen) atoms. The van der Waals surface area contributed by atoms with Crippen molar-refractivity contribution in [2.45, 2.75) is 13.1 Å². The SMILES string of the molecule is Cc1nc2ccccc2n1-c1cc(C#N)cc(Nc2ccc(C(F)(F)F)cc2)n1. The van der Waals surface area contributed by atoms with Crippen molar-refractivity contribution < 1.29 is 13.2 Å². The lowest BCUT2D eigenvalue weighted by Gasteiger charge is -2.12. The minimum Gasteiger partial charge on any atom is -0.340 e. The number of imidazole rings is 1. The van der Waals surface area contributed by atoms with E-state index in [9.17, 15) is 18.4 Å². The van der Waals surface area contributed by atoms with Crippen LogP contribution in [-0.2, 0) is 6.18 Å². The first-order valence-corrected chi connectivity index (χ1v) is 8.66. The largest absolute Gasteiger partial charge is 0.416 e. The average molecular weight is 393 g/mol. The molecule has 0 atom stereocenters. The third-order valence-electron chi connectivity index (χ3n) is 4.38. The maximum atomic E-state index is 12.7. The van der Waals surface area contributed by atoms with Crippen LogP contribution in [0.4, 0.5) is 24.7 Å². The number of aryl methyl sites for hydroxylation is 1. The van der Waals surface area contributed by atoms with Crippen molar-refractivity contribution in [3.8, 4) is 11.9 Å². The fourth-order valence-electron chi connectivity index (χ4n) is 3.09. The molecule has 0 aliphatic heterocycles. The van der Waals surface area contributed by atoms with E-state index in [-0.39, 0.29) is 0 Å². The van der Waals surface area contributed by atoms with Crippen molar-refractivity contribution in [1.82, 2.24) is 14.5 Å². The van der Waals surface area contributed by atoms with E-state index in [1.807, 2.05) is 35.8 Å². The molecular formula is C21H14F3N5. The van der Waals surface area contributed by atoms with E-state index in [0.717, 1.165) is 23.2 Å². The van der Waals surface area contributed by atoms with Gasteiger partial charge in [0.05, 0.1) is 28.2 Å². The van der Waals surface area contributed by atoms with E-state index in [0.29, 0.717) is 28.7 Å². The zero-order chi connectivity index (χ0) is 20.6. The summed E-state index contributed by atoms with van der Waals surface area (Å²) in [7, 11) is 0. The molecular weight excluding hydrogens is 379 g/mol. The molecule has 0 unspecified atom stereocenters. The number of nitriles is 1.